The van der Waals surface area contributed by atoms with Crippen molar-refractivity contribution in [2.45, 2.75) is 0 Å². The molecule has 2 saturated heterocycles. The summed E-state index contributed by atoms with van der Waals surface area (Å²) in [7, 11) is 1.69. The lowest BCUT2D eigenvalue weighted by Gasteiger charge is -2.37. The summed E-state index contributed by atoms with van der Waals surface area (Å²) in [6.07, 6.45) is 2.57. The second kappa shape index (κ2) is 8.33. The first kappa shape index (κ1) is 18.3. The quantitative estimate of drug-likeness (QED) is 0.717. The van der Waals surface area contributed by atoms with Crippen LogP contribution in [0.1, 0.15) is 0 Å². The van der Waals surface area contributed by atoms with Gasteiger partial charge in [-0.15, -0.1) is 0 Å². The molecular weight excluding hydrogens is 356 g/mol. The minimum atomic E-state index is 0.739. The van der Waals surface area contributed by atoms with Crippen molar-refractivity contribution in [1.82, 2.24) is 14.9 Å². The van der Waals surface area contributed by atoms with Gasteiger partial charge in [-0.05, 0) is 24.3 Å². The highest BCUT2D eigenvalue weighted by Crippen LogP contribution is 2.23. The number of ether oxygens (including phenoxy) is 1. The zero-order valence-corrected chi connectivity index (χ0v) is 16.2. The molecule has 3 heterocycles. The monoisotopic (exact) mass is 382 g/mol. The minimum Gasteiger partial charge on any atom is -0.497 e. The number of carbonyl (C=O) groups excluding carboxylic acids is 1. The van der Waals surface area contributed by atoms with Gasteiger partial charge < -0.3 is 24.3 Å². The van der Waals surface area contributed by atoms with E-state index in [1.165, 1.54) is 5.69 Å². The van der Waals surface area contributed by atoms with E-state index in [1.807, 2.05) is 12.1 Å². The normalized spacial score (nSPS) is 17.6. The van der Waals surface area contributed by atoms with Crippen molar-refractivity contribution in [3.8, 4) is 5.75 Å². The van der Waals surface area contributed by atoms with E-state index in [1.54, 1.807) is 18.3 Å². The highest BCUT2D eigenvalue weighted by molar-refractivity contribution is 5.54. The number of piperazine rings is 2. The molecule has 148 valence electrons. The number of anilines is 3. The molecule has 0 unspecified atom stereocenters. The Kier molecular flexibility index (Phi) is 5.45. The van der Waals surface area contributed by atoms with Gasteiger partial charge in [0, 0.05) is 64.1 Å². The molecule has 0 atom stereocenters. The summed E-state index contributed by atoms with van der Waals surface area (Å²) in [6, 6.07) is 10.3. The Hall–Kier alpha value is -3.03. The fourth-order valence-corrected chi connectivity index (χ4v) is 3.73. The van der Waals surface area contributed by atoms with Gasteiger partial charge in [-0.2, -0.15) is 0 Å². The number of benzene rings is 1. The number of amides is 1. The molecule has 8 nitrogen and oxygen atoms in total. The summed E-state index contributed by atoms with van der Waals surface area (Å²) in [6.45, 7) is 6.82. The second-order valence-electron chi connectivity index (χ2n) is 7.03. The highest BCUT2D eigenvalue weighted by Gasteiger charge is 2.21. The van der Waals surface area contributed by atoms with E-state index < -0.39 is 0 Å². The molecule has 8 heteroatoms. The standard InChI is InChI=1S/C20H26N6O2/c1-28-18-4-2-17(3-5-18)24-10-12-26(13-11-24)20-14-19(21-15-22-20)25-8-6-23(16-27)7-9-25/h2-5,14-16H,6-13H2,1H3. The van der Waals surface area contributed by atoms with Crippen LogP contribution in [0.15, 0.2) is 36.7 Å². The fraction of sp³-hybridized carbons (Fsp3) is 0.450. The molecule has 1 aromatic heterocycles. The Morgan fingerprint density at radius 1 is 0.821 bits per heavy atom. The lowest BCUT2D eigenvalue weighted by molar-refractivity contribution is -0.118. The zero-order valence-electron chi connectivity index (χ0n) is 16.2. The van der Waals surface area contributed by atoms with Crippen molar-refractivity contribution in [1.29, 1.82) is 0 Å². The Morgan fingerprint density at radius 2 is 1.36 bits per heavy atom. The molecule has 0 spiro atoms. The van der Waals surface area contributed by atoms with Crippen molar-refractivity contribution < 1.29 is 9.53 Å². The minimum absolute atomic E-state index is 0.739. The maximum absolute atomic E-state index is 10.9. The van der Waals surface area contributed by atoms with Crippen molar-refractivity contribution in [2.24, 2.45) is 0 Å². The molecule has 0 aliphatic carbocycles. The maximum Gasteiger partial charge on any atom is 0.209 e. The molecule has 2 aliphatic heterocycles. The van der Waals surface area contributed by atoms with E-state index in [0.717, 1.165) is 76.2 Å². The smallest absolute Gasteiger partial charge is 0.209 e. The van der Waals surface area contributed by atoms with Gasteiger partial charge in [0.15, 0.2) is 0 Å². The highest BCUT2D eigenvalue weighted by atomic mass is 16.5. The van der Waals surface area contributed by atoms with Crippen LogP contribution in [0.3, 0.4) is 0 Å². The molecule has 28 heavy (non-hydrogen) atoms. The third-order valence-electron chi connectivity index (χ3n) is 5.47. The zero-order chi connectivity index (χ0) is 19.3. The van der Waals surface area contributed by atoms with Crippen LogP contribution in [0.2, 0.25) is 0 Å². The lowest BCUT2D eigenvalue weighted by atomic mass is 10.2. The number of methoxy groups -OCH3 is 1. The van der Waals surface area contributed by atoms with Crippen LogP contribution in [0.5, 0.6) is 5.75 Å². The molecule has 2 aliphatic rings. The number of hydrogen-bond donors (Lipinski definition) is 0. The number of carbonyl (C=O) groups is 1. The second-order valence-corrected chi connectivity index (χ2v) is 7.03. The topological polar surface area (TPSA) is 65.0 Å². The van der Waals surface area contributed by atoms with Gasteiger partial charge in [-0.25, -0.2) is 9.97 Å². The Labute approximate surface area is 165 Å². The van der Waals surface area contributed by atoms with E-state index in [9.17, 15) is 4.79 Å². The van der Waals surface area contributed by atoms with Gasteiger partial charge in [0.25, 0.3) is 0 Å². The first-order valence-electron chi connectivity index (χ1n) is 9.67. The molecule has 2 aromatic rings. The van der Waals surface area contributed by atoms with Crippen LogP contribution in [-0.2, 0) is 4.79 Å². The molecule has 0 N–H and O–H groups in total. The van der Waals surface area contributed by atoms with Gasteiger partial charge in [0.1, 0.15) is 23.7 Å². The predicted octanol–water partition coefficient (Wildman–Crippen LogP) is 1.09. The van der Waals surface area contributed by atoms with Crippen LogP contribution >= 0.6 is 0 Å². The first-order valence-corrected chi connectivity index (χ1v) is 9.67. The Bertz CT molecular complexity index is 784. The average molecular weight is 382 g/mol. The van der Waals surface area contributed by atoms with E-state index in [4.69, 9.17) is 4.74 Å². The van der Waals surface area contributed by atoms with Crippen LogP contribution in [0.4, 0.5) is 17.3 Å². The third kappa shape index (κ3) is 3.95. The largest absolute Gasteiger partial charge is 0.497 e. The van der Waals surface area contributed by atoms with Gasteiger partial charge in [0.2, 0.25) is 6.41 Å². The molecule has 4 rings (SSSR count). The van der Waals surface area contributed by atoms with E-state index >= 15 is 0 Å². The van der Waals surface area contributed by atoms with Gasteiger partial charge >= 0.3 is 0 Å². The fourth-order valence-electron chi connectivity index (χ4n) is 3.73. The summed E-state index contributed by atoms with van der Waals surface area (Å²) < 4.78 is 5.24. The number of aromatic nitrogens is 2. The Morgan fingerprint density at radius 3 is 1.89 bits per heavy atom. The maximum atomic E-state index is 10.9. The van der Waals surface area contributed by atoms with Crippen LogP contribution in [0.25, 0.3) is 0 Å². The summed E-state index contributed by atoms with van der Waals surface area (Å²) in [5.41, 5.74) is 1.22. The molecule has 0 saturated carbocycles. The SMILES string of the molecule is COc1ccc(N2CCN(c3cc(N4CCN(C=O)CC4)ncn3)CC2)cc1. The average Bonchev–Trinajstić information content (AvgIpc) is 2.79. The molecular formula is C20H26N6O2. The van der Waals surface area contributed by atoms with Crippen molar-refractivity contribution >= 4 is 23.7 Å². The number of rotatable bonds is 5. The third-order valence-corrected chi connectivity index (χ3v) is 5.47. The van der Waals surface area contributed by atoms with E-state index in [-0.39, 0.29) is 0 Å². The molecule has 0 bridgehead atoms. The van der Waals surface area contributed by atoms with E-state index in [2.05, 4.69) is 42.9 Å². The summed E-state index contributed by atoms with van der Waals surface area (Å²) in [5, 5.41) is 0. The lowest BCUT2D eigenvalue weighted by Crippen LogP contribution is -2.47. The van der Waals surface area contributed by atoms with Crippen molar-refractivity contribution in [3.63, 3.8) is 0 Å². The molecule has 2 fully saturated rings. The molecule has 1 amide bonds. The number of nitrogens with zero attached hydrogens (tertiary/aromatic N) is 6. The summed E-state index contributed by atoms with van der Waals surface area (Å²) >= 11 is 0. The van der Waals surface area contributed by atoms with E-state index in [0.29, 0.717) is 0 Å². The van der Waals surface area contributed by atoms with Crippen LogP contribution in [0, 0.1) is 0 Å². The van der Waals surface area contributed by atoms with Crippen molar-refractivity contribution in [3.05, 3.63) is 36.7 Å². The van der Waals surface area contributed by atoms with Crippen LogP contribution < -0.4 is 19.4 Å². The molecule has 1 aromatic carbocycles. The van der Waals surface area contributed by atoms with Crippen molar-refractivity contribution in [2.75, 3.05) is 74.2 Å². The van der Waals surface area contributed by atoms with Gasteiger partial charge in [-0.3, -0.25) is 4.79 Å². The first-order chi connectivity index (χ1) is 13.8. The Balaban J connectivity index is 1.37. The van der Waals surface area contributed by atoms with Crippen LogP contribution in [-0.4, -0.2) is 80.7 Å². The molecule has 0 radical (unpaired) electrons. The van der Waals surface area contributed by atoms with Gasteiger partial charge in [0.05, 0.1) is 7.11 Å². The number of hydrogen-bond acceptors (Lipinski definition) is 7. The summed E-state index contributed by atoms with van der Waals surface area (Å²) in [4.78, 5) is 28.6. The predicted molar refractivity (Wildman–Crippen MR) is 109 cm³/mol. The summed E-state index contributed by atoms with van der Waals surface area (Å²) in [5.74, 6) is 2.79. The van der Waals surface area contributed by atoms with Gasteiger partial charge in [-0.1, -0.05) is 0 Å².